The van der Waals surface area contributed by atoms with Crippen molar-refractivity contribution in [2.45, 2.75) is 46.8 Å². The lowest BCUT2D eigenvalue weighted by Crippen LogP contribution is -2.39. The van der Waals surface area contributed by atoms with E-state index in [-0.39, 0.29) is 17.8 Å². The summed E-state index contributed by atoms with van der Waals surface area (Å²) in [5, 5.41) is 4.15. The van der Waals surface area contributed by atoms with E-state index in [1.807, 2.05) is 6.92 Å². The van der Waals surface area contributed by atoms with E-state index >= 15 is 0 Å². The molecule has 0 aliphatic carbocycles. The van der Waals surface area contributed by atoms with Gasteiger partial charge in [-0.3, -0.25) is 9.36 Å². The average molecular weight is 291 g/mol. The first-order chi connectivity index (χ1) is 10.0. The highest BCUT2D eigenvalue weighted by Crippen LogP contribution is 2.01. The summed E-state index contributed by atoms with van der Waals surface area (Å²) in [6.45, 7) is 7.59. The Morgan fingerprint density at radius 2 is 2.05 bits per heavy atom. The Bertz CT molecular complexity index is 711. The van der Waals surface area contributed by atoms with E-state index in [0.717, 1.165) is 6.42 Å². The average Bonchev–Trinajstić information content (AvgIpc) is 2.84. The Morgan fingerprint density at radius 3 is 2.71 bits per heavy atom. The van der Waals surface area contributed by atoms with Gasteiger partial charge in [0.15, 0.2) is 0 Å². The monoisotopic (exact) mass is 291 g/mol. The Labute approximate surface area is 122 Å². The number of hydrogen-bond acceptors (Lipinski definition) is 4. The van der Waals surface area contributed by atoms with Crippen LogP contribution in [-0.4, -0.2) is 23.9 Å². The molecule has 21 heavy (non-hydrogen) atoms. The quantitative estimate of drug-likeness (QED) is 0.786. The molecule has 2 heterocycles. The molecule has 0 atom stereocenters. The molecule has 0 saturated carbocycles. The van der Waals surface area contributed by atoms with E-state index in [9.17, 15) is 9.59 Å². The standard InChI is InChI=1S/C14H21N5O2/c1-4-6-17-7-5-13(20)18(14(17)21)9-12-15-10-16-19(12)8-11(2)3/h5,7,10-11H,4,6,8-9H2,1-3H3. The predicted molar refractivity (Wildman–Crippen MR) is 79.2 cm³/mol. The van der Waals surface area contributed by atoms with Crippen LogP contribution in [0, 0.1) is 5.92 Å². The molecule has 2 aromatic rings. The van der Waals surface area contributed by atoms with Crippen molar-refractivity contribution < 1.29 is 0 Å². The van der Waals surface area contributed by atoms with E-state index in [2.05, 4.69) is 23.9 Å². The van der Waals surface area contributed by atoms with Crippen LogP contribution in [-0.2, 0) is 19.6 Å². The summed E-state index contributed by atoms with van der Waals surface area (Å²) in [6.07, 6.45) is 3.83. The summed E-state index contributed by atoms with van der Waals surface area (Å²) in [4.78, 5) is 28.4. The van der Waals surface area contributed by atoms with Gasteiger partial charge in [0.05, 0.1) is 6.54 Å². The fourth-order valence-corrected chi connectivity index (χ4v) is 2.16. The third kappa shape index (κ3) is 3.48. The van der Waals surface area contributed by atoms with Crippen molar-refractivity contribution in [3.8, 4) is 0 Å². The number of aryl methyl sites for hydroxylation is 1. The van der Waals surface area contributed by atoms with Crippen molar-refractivity contribution in [2.24, 2.45) is 5.92 Å². The molecule has 0 saturated heterocycles. The molecule has 0 spiro atoms. The highest BCUT2D eigenvalue weighted by atomic mass is 16.2. The van der Waals surface area contributed by atoms with Crippen LogP contribution in [0.3, 0.4) is 0 Å². The van der Waals surface area contributed by atoms with Gasteiger partial charge in [-0.05, 0) is 12.3 Å². The molecule has 0 aliphatic rings. The van der Waals surface area contributed by atoms with E-state index in [1.54, 1.807) is 15.4 Å². The fraction of sp³-hybridized carbons (Fsp3) is 0.571. The Balaban J connectivity index is 2.36. The second kappa shape index (κ2) is 6.51. The lowest BCUT2D eigenvalue weighted by Gasteiger charge is -2.11. The summed E-state index contributed by atoms with van der Waals surface area (Å²) in [5.74, 6) is 1.03. The van der Waals surface area contributed by atoms with Gasteiger partial charge in [0.25, 0.3) is 5.56 Å². The second-order valence-corrected chi connectivity index (χ2v) is 5.47. The lowest BCUT2D eigenvalue weighted by molar-refractivity contribution is 0.454. The zero-order valence-electron chi connectivity index (χ0n) is 12.7. The van der Waals surface area contributed by atoms with Gasteiger partial charge in [-0.2, -0.15) is 5.10 Å². The van der Waals surface area contributed by atoms with Crippen LogP contribution in [0.25, 0.3) is 0 Å². The molecular weight excluding hydrogens is 270 g/mol. The Morgan fingerprint density at radius 1 is 1.29 bits per heavy atom. The number of hydrogen-bond donors (Lipinski definition) is 0. The summed E-state index contributed by atoms with van der Waals surface area (Å²) < 4.78 is 4.49. The molecule has 0 aliphatic heterocycles. The lowest BCUT2D eigenvalue weighted by atomic mass is 10.2. The van der Waals surface area contributed by atoms with Crippen molar-refractivity contribution in [3.05, 3.63) is 45.3 Å². The molecule has 7 nitrogen and oxygen atoms in total. The smallest absolute Gasteiger partial charge is 0.300 e. The molecule has 0 fully saturated rings. The second-order valence-electron chi connectivity index (χ2n) is 5.47. The van der Waals surface area contributed by atoms with Crippen LogP contribution in [0.2, 0.25) is 0 Å². The minimum Gasteiger partial charge on any atom is -0.300 e. The van der Waals surface area contributed by atoms with Crippen molar-refractivity contribution in [3.63, 3.8) is 0 Å². The molecule has 0 N–H and O–H groups in total. The zero-order chi connectivity index (χ0) is 15.4. The predicted octanol–water partition coefficient (Wildman–Crippen LogP) is 0.716. The van der Waals surface area contributed by atoms with Gasteiger partial charge in [-0.15, -0.1) is 0 Å². The normalized spacial score (nSPS) is 11.2. The van der Waals surface area contributed by atoms with Crippen LogP contribution < -0.4 is 11.2 Å². The van der Waals surface area contributed by atoms with E-state index in [1.165, 1.54) is 17.0 Å². The minimum atomic E-state index is -0.313. The van der Waals surface area contributed by atoms with E-state index < -0.39 is 0 Å². The number of rotatable bonds is 6. The Hall–Kier alpha value is -2.18. The van der Waals surface area contributed by atoms with Crippen LogP contribution in [0.5, 0.6) is 0 Å². The molecule has 0 unspecified atom stereocenters. The largest absolute Gasteiger partial charge is 0.331 e. The van der Waals surface area contributed by atoms with Crippen LogP contribution in [0.15, 0.2) is 28.2 Å². The number of nitrogens with zero attached hydrogens (tertiary/aromatic N) is 5. The van der Waals surface area contributed by atoms with Crippen molar-refractivity contribution in [2.75, 3.05) is 0 Å². The molecule has 114 valence electrons. The third-order valence-electron chi connectivity index (χ3n) is 3.14. The van der Waals surface area contributed by atoms with Crippen molar-refractivity contribution in [1.82, 2.24) is 23.9 Å². The van der Waals surface area contributed by atoms with E-state index in [4.69, 9.17) is 0 Å². The highest BCUT2D eigenvalue weighted by Gasteiger charge is 2.11. The summed E-state index contributed by atoms with van der Waals surface area (Å²) in [7, 11) is 0. The SMILES string of the molecule is CCCn1ccc(=O)n(Cc2ncnn2CC(C)C)c1=O. The minimum absolute atomic E-state index is 0.148. The topological polar surface area (TPSA) is 74.7 Å². The molecule has 7 heteroatoms. The van der Waals surface area contributed by atoms with Crippen LogP contribution in [0.4, 0.5) is 0 Å². The highest BCUT2D eigenvalue weighted by molar-refractivity contribution is 4.92. The van der Waals surface area contributed by atoms with Gasteiger partial charge < -0.3 is 4.57 Å². The van der Waals surface area contributed by atoms with Gasteiger partial charge in [-0.25, -0.2) is 14.5 Å². The summed E-state index contributed by atoms with van der Waals surface area (Å²) >= 11 is 0. The van der Waals surface area contributed by atoms with Gasteiger partial charge >= 0.3 is 5.69 Å². The molecule has 0 aromatic carbocycles. The Kier molecular flexibility index (Phi) is 4.72. The first-order valence-corrected chi connectivity index (χ1v) is 7.20. The molecular formula is C14H21N5O2. The zero-order valence-corrected chi connectivity index (χ0v) is 12.7. The molecule has 2 rings (SSSR count). The fourth-order valence-electron chi connectivity index (χ4n) is 2.16. The number of aromatic nitrogens is 5. The van der Waals surface area contributed by atoms with Gasteiger partial charge in [0.1, 0.15) is 12.2 Å². The first-order valence-electron chi connectivity index (χ1n) is 7.20. The third-order valence-corrected chi connectivity index (χ3v) is 3.14. The van der Waals surface area contributed by atoms with Gasteiger partial charge in [0.2, 0.25) is 0 Å². The van der Waals surface area contributed by atoms with Crippen molar-refractivity contribution >= 4 is 0 Å². The maximum atomic E-state index is 12.3. The molecule has 0 amide bonds. The first kappa shape index (κ1) is 15.2. The van der Waals surface area contributed by atoms with Crippen LogP contribution >= 0.6 is 0 Å². The van der Waals surface area contributed by atoms with Crippen molar-refractivity contribution in [1.29, 1.82) is 0 Å². The summed E-state index contributed by atoms with van der Waals surface area (Å²) in [6, 6.07) is 1.42. The van der Waals surface area contributed by atoms with Gasteiger partial charge in [-0.1, -0.05) is 20.8 Å². The van der Waals surface area contributed by atoms with Gasteiger partial charge in [0, 0.05) is 25.4 Å². The molecule has 0 radical (unpaired) electrons. The van der Waals surface area contributed by atoms with Crippen LogP contribution in [0.1, 0.15) is 33.0 Å². The molecule has 2 aromatic heterocycles. The molecule has 0 bridgehead atoms. The maximum absolute atomic E-state index is 12.3. The maximum Gasteiger partial charge on any atom is 0.331 e. The van der Waals surface area contributed by atoms with E-state index in [0.29, 0.717) is 24.8 Å². The summed E-state index contributed by atoms with van der Waals surface area (Å²) in [5.41, 5.74) is -0.616.